The van der Waals surface area contributed by atoms with Crippen LogP contribution in [0, 0.1) is 6.92 Å². The van der Waals surface area contributed by atoms with Crippen molar-refractivity contribution in [3.63, 3.8) is 0 Å². The number of rotatable bonds is 6. The van der Waals surface area contributed by atoms with Crippen LogP contribution in [0.2, 0.25) is 0 Å². The first-order valence-electron chi connectivity index (χ1n) is 8.31. The Morgan fingerprint density at radius 1 is 1.25 bits per heavy atom. The Bertz CT molecular complexity index is 826. The minimum atomic E-state index is -0.213. The van der Waals surface area contributed by atoms with E-state index in [4.69, 9.17) is 0 Å². The number of hydrogen-bond acceptors (Lipinski definition) is 3. The number of amides is 1. The SMILES string of the molecule is CCCC(C(=O)NCc1cn2c(C)cccc2n1)c1ccccn1. The molecular weight excluding hydrogens is 300 g/mol. The van der Waals surface area contributed by atoms with E-state index in [9.17, 15) is 4.79 Å². The Morgan fingerprint density at radius 3 is 2.83 bits per heavy atom. The Morgan fingerprint density at radius 2 is 2.12 bits per heavy atom. The molecular formula is C19H22N4O. The number of carbonyl (C=O) groups excluding carboxylic acids is 1. The monoisotopic (exact) mass is 322 g/mol. The van der Waals surface area contributed by atoms with Gasteiger partial charge in [-0.1, -0.05) is 25.5 Å². The van der Waals surface area contributed by atoms with E-state index in [1.807, 2.05) is 53.9 Å². The first-order chi connectivity index (χ1) is 11.7. The van der Waals surface area contributed by atoms with Crippen LogP contribution in [0.1, 0.15) is 42.8 Å². The van der Waals surface area contributed by atoms with Crippen molar-refractivity contribution >= 4 is 11.6 Å². The van der Waals surface area contributed by atoms with Crippen molar-refractivity contribution in [1.82, 2.24) is 19.7 Å². The Kier molecular flexibility index (Phi) is 4.89. The number of hydrogen-bond donors (Lipinski definition) is 1. The Balaban J connectivity index is 1.71. The van der Waals surface area contributed by atoms with Crippen LogP contribution in [0.3, 0.4) is 0 Å². The molecule has 124 valence electrons. The highest BCUT2D eigenvalue weighted by Gasteiger charge is 2.20. The lowest BCUT2D eigenvalue weighted by Gasteiger charge is -2.15. The molecule has 3 aromatic rings. The predicted molar refractivity (Wildman–Crippen MR) is 93.7 cm³/mol. The molecule has 0 saturated heterocycles. The molecule has 0 fully saturated rings. The number of nitrogens with one attached hydrogen (secondary N) is 1. The molecule has 0 aliphatic carbocycles. The van der Waals surface area contributed by atoms with Crippen LogP contribution in [-0.4, -0.2) is 20.3 Å². The zero-order valence-corrected chi connectivity index (χ0v) is 14.1. The van der Waals surface area contributed by atoms with E-state index in [1.54, 1.807) is 6.20 Å². The molecule has 3 rings (SSSR count). The first-order valence-corrected chi connectivity index (χ1v) is 8.31. The van der Waals surface area contributed by atoms with Crippen molar-refractivity contribution in [3.05, 3.63) is 65.9 Å². The van der Waals surface area contributed by atoms with Crippen LogP contribution >= 0.6 is 0 Å². The van der Waals surface area contributed by atoms with Crippen molar-refractivity contribution in [2.24, 2.45) is 0 Å². The lowest BCUT2D eigenvalue weighted by Crippen LogP contribution is -2.29. The van der Waals surface area contributed by atoms with Crippen LogP contribution < -0.4 is 5.32 Å². The van der Waals surface area contributed by atoms with Crippen LogP contribution in [0.25, 0.3) is 5.65 Å². The lowest BCUT2D eigenvalue weighted by molar-refractivity contribution is -0.123. The molecule has 24 heavy (non-hydrogen) atoms. The maximum Gasteiger partial charge on any atom is 0.229 e. The van der Waals surface area contributed by atoms with Gasteiger partial charge in [0.05, 0.1) is 23.9 Å². The van der Waals surface area contributed by atoms with Crippen LogP contribution in [-0.2, 0) is 11.3 Å². The number of carbonyl (C=O) groups is 1. The number of aryl methyl sites for hydroxylation is 1. The summed E-state index contributed by atoms with van der Waals surface area (Å²) in [4.78, 5) is 21.5. The van der Waals surface area contributed by atoms with E-state index in [1.165, 1.54) is 0 Å². The van der Waals surface area contributed by atoms with Crippen molar-refractivity contribution in [1.29, 1.82) is 0 Å². The average Bonchev–Trinajstić information content (AvgIpc) is 3.03. The largest absolute Gasteiger partial charge is 0.350 e. The fourth-order valence-electron chi connectivity index (χ4n) is 2.87. The van der Waals surface area contributed by atoms with Crippen LogP contribution in [0.15, 0.2) is 48.8 Å². The van der Waals surface area contributed by atoms with E-state index in [0.717, 1.165) is 35.6 Å². The Labute approximate surface area is 141 Å². The van der Waals surface area contributed by atoms with Crippen molar-refractivity contribution < 1.29 is 4.79 Å². The average molecular weight is 322 g/mol. The van der Waals surface area contributed by atoms with E-state index in [0.29, 0.717) is 6.54 Å². The van der Waals surface area contributed by atoms with E-state index in [-0.39, 0.29) is 11.8 Å². The highest BCUT2D eigenvalue weighted by Crippen LogP contribution is 2.19. The fraction of sp³-hybridized carbons (Fsp3) is 0.316. The molecule has 0 bridgehead atoms. The molecule has 1 atom stereocenters. The summed E-state index contributed by atoms with van der Waals surface area (Å²) in [6.07, 6.45) is 5.42. The fourth-order valence-corrected chi connectivity index (χ4v) is 2.87. The minimum Gasteiger partial charge on any atom is -0.350 e. The van der Waals surface area contributed by atoms with Gasteiger partial charge in [-0.2, -0.15) is 0 Å². The molecule has 5 heteroatoms. The molecule has 0 aliphatic rings. The van der Waals surface area contributed by atoms with Gasteiger partial charge in [-0.05, 0) is 37.6 Å². The van der Waals surface area contributed by atoms with Crippen molar-refractivity contribution in [2.45, 2.75) is 39.2 Å². The lowest BCUT2D eigenvalue weighted by atomic mass is 9.98. The molecule has 0 saturated carbocycles. The quantitative estimate of drug-likeness (QED) is 0.758. The summed E-state index contributed by atoms with van der Waals surface area (Å²) in [7, 11) is 0. The van der Waals surface area contributed by atoms with Crippen LogP contribution in [0.5, 0.6) is 0 Å². The summed E-state index contributed by atoms with van der Waals surface area (Å²) in [6, 6.07) is 11.7. The molecule has 1 amide bonds. The molecule has 0 aliphatic heterocycles. The summed E-state index contributed by atoms with van der Waals surface area (Å²) < 4.78 is 2.03. The number of aromatic nitrogens is 3. The topological polar surface area (TPSA) is 59.3 Å². The summed E-state index contributed by atoms with van der Waals surface area (Å²) >= 11 is 0. The van der Waals surface area contributed by atoms with Gasteiger partial charge in [-0.3, -0.25) is 9.78 Å². The number of pyridine rings is 2. The van der Waals surface area contributed by atoms with Crippen LogP contribution in [0.4, 0.5) is 0 Å². The van der Waals surface area contributed by atoms with E-state index >= 15 is 0 Å². The van der Waals surface area contributed by atoms with E-state index < -0.39 is 0 Å². The standard InChI is InChI=1S/C19H22N4O/c1-3-7-16(17-9-4-5-11-20-17)19(24)21-12-15-13-23-14(2)8-6-10-18(23)22-15/h4-6,8-11,13,16H,3,7,12H2,1-2H3,(H,21,24). The van der Waals surface area contributed by atoms with Gasteiger partial charge < -0.3 is 9.72 Å². The molecule has 5 nitrogen and oxygen atoms in total. The molecule has 1 unspecified atom stereocenters. The minimum absolute atomic E-state index is 0.00401. The number of nitrogens with zero attached hydrogens (tertiary/aromatic N) is 3. The van der Waals surface area contributed by atoms with Gasteiger partial charge in [0.25, 0.3) is 0 Å². The van der Waals surface area contributed by atoms with E-state index in [2.05, 4.69) is 22.2 Å². The molecule has 3 heterocycles. The smallest absolute Gasteiger partial charge is 0.229 e. The maximum absolute atomic E-state index is 12.6. The third-order valence-electron chi connectivity index (χ3n) is 4.13. The van der Waals surface area contributed by atoms with Gasteiger partial charge in [0.2, 0.25) is 5.91 Å². The van der Waals surface area contributed by atoms with Crippen molar-refractivity contribution in [2.75, 3.05) is 0 Å². The zero-order chi connectivity index (χ0) is 16.9. The highest BCUT2D eigenvalue weighted by molar-refractivity contribution is 5.83. The summed E-state index contributed by atoms with van der Waals surface area (Å²) in [5.41, 5.74) is 3.70. The van der Waals surface area contributed by atoms with Gasteiger partial charge in [-0.15, -0.1) is 0 Å². The summed E-state index contributed by atoms with van der Waals surface area (Å²) in [6.45, 7) is 4.54. The zero-order valence-electron chi connectivity index (χ0n) is 14.1. The van der Waals surface area contributed by atoms with Gasteiger partial charge >= 0.3 is 0 Å². The van der Waals surface area contributed by atoms with Gasteiger partial charge in [-0.25, -0.2) is 4.98 Å². The maximum atomic E-state index is 12.6. The third-order valence-corrected chi connectivity index (χ3v) is 4.13. The van der Waals surface area contributed by atoms with Crippen molar-refractivity contribution in [3.8, 4) is 0 Å². The second-order valence-electron chi connectivity index (χ2n) is 5.94. The van der Waals surface area contributed by atoms with Gasteiger partial charge in [0.1, 0.15) is 5.65 Å². The normalized spacial score (nSPS) is 12.2. The molecule has 0 radical (unpaired) electrons. The predicted octanol–water partition coefficient (Wildman–Crippen LogP) is 3.24. The molecule has 0 aromatic carbocycles. The molecule has 0 spiro atoms. The van der Waals surface area contributed by atoms with Gasteiger partial charge in [0, 0.05) is 18.1 Å². The molecule has 1 N–H and O–H groups in total. The Hall–Kier alpha value is -2.69. The van der Waals surface area contributed by atoms with Gasteiger partial charge in [0.15, 0.2) is 0 Å². The third kappa shape index (κ3) is 3.45. The number of imidazole rings is 1. The highest BCUT2D eigenvalue weighted by atomic mass is 16.1. The summed E-state index contributed by atoms with van der Waals surface area (Å²) in [5, 5.41) is 3.01. The molecule has 3 aromatic heterocycles. The second kappa shape index (κ2) is 7.25. The summed E-state index contributed by atoms with van der Waals surface area (Å²) in [5.74, 6) is -0.209. The second-order valence-corrected chi connectivity index (χ2v) is 5.94. The first kappa shape index (κ1) is 16.2. The number of fused-ring (bicyclic) bond motifs is 1.